The third-order valence-corrected chi connectivity index (χ3v) is 6.79. The second kappa shape index (κ2) is 13.6. The number of sulfonamides is 1. The largest absolute Gasteiger partial charge is 0.496 e. The maximum absolute atomic E-state index is 13.1. The van der Waals surface area contributed by atoms with Crippen molar-refractivity contribution in [3.05, 3.63) is 29.8 Å². The van der Waals surface area contributed by atoms with Crippen molar-refractivity contribution in [1.82, 2.24) is 14.9 Å². The summed E-state index contributed by atoms with van der Waals surface area (Å²) in [5.41, 5.74) is 11.0. The van der Waals surface area contributed by atoms with Crippen LogP contribution in [0.4, 0.5) is 0 Å². The summed E-state index contributed by atoms with van der Waals surface area (Å²) >= 11 is 0. The Balaban J connectivity index is 1.97. The number of para-hydroxylation sites is 1. The lowest BCUT2D eigenvalue weighted by molar-refractivity contribution is -0.137. The number of carbonyl (C=O) groups excluding carboxylic acids is 3. The van der Waals surface area contributed by atoms with Crippen molar-refractivity contribution in [3.63, 3.8) is 0 Å². The van der Waals surface area contributed by atoms with E-state index in [-0.39, 0.29) is 18.3 Å². The van der Waals surface area contributed by atoms with Crippen LogP contribution < -0.4 is 26.2 Å². The molecule has 1 aliphatic heterocycles. The van der Waals surface area contributed by atoms with E-state index in [0.29, 0.717) is 62.8 Å². The van der Waals surface area contributed by atoms with Gasteiger partial charge in [-0.3, -0.25) is 14.6 Å². The number of ether oxygens (including phenoxy) is 1. The number of aliphatic imine (C=N–C) groups is 1. The van der Waals surface area contributed by atoms with E-state index in [2.05, 4.69) is 15.0 Å². The van der Waals surface area contributed by atoms with Crippen LogP contribution in [0.2, 0.25) is 0 Å². The first-order valence-electron chi connectivity index (χ1n) is 11.4. The molecule has 1 fully saturated rings. The van der Waals surface area contributed by atoms with Gasteiger partial charge in [0.05, 0.1) is 25.4 Å². The molecule has 13 heteroatoms. The average molecular weight is 511 g/mol. The van der Waals surface area contributed by atoms with Crippen molar-refractivity contribution in [2.75, 3.05) is 26.7 Å². The Morgan fingerprint density at radius 2 is 2.06 bits per heavy atom. The molecule has 0 saturated carbocycles. The van der Waals surface area contributed by atoms with Gasteiger partial charge in [0.2, 0.25) is 21.8 Å². The summed E-state index contributed by atoms with van der Waals surface area (Å²) in [6.45, 7) is 0.360. The molecule has 12 nitrogen and oxygen atoms in total. The Morgan fingerprint density at radius 3 is 2.74 bits per heavy atom. The zero-order valence-electron chi connectivity index (χ0n) is 19.8. The molecule has 1 heterocycles. The lowest BCUT2D eigenvalue weighted by Gasteiger charge is -2.25. The number of nitrogens with zero attached hydrogens (tertiary/aromatic N) is 2. The zero-order chi connectivity index (χ0) is 25.8. The van der Waals surface area contributed by atoms with E-state index in [1.807, 2.05) is 0 Å². The highest BCUT2D eigenvalue weighted by Gasteiger charge is 2.32. The molecule has 194 valence electrons. The fourth-order valence-electron chi connectivity index (χ4n) is 3.78. The Morgan fingerprint density at radius 1 is 1.31 bits per heavy atom. The summed E-state index contributed by atoms with van der Waals surface area (Å²) < 4.78 is 33.3. The number of methoxy groups -OCH3 is 1. The number of hydrogen-bond acceptors (Lipinski definition) is 7. The smallest absolute Gasteiger partial charge is 0.241 e. The van der Waals surface area contributed by atoms with Gasteiger partial charge in [-0.2, -0.15) is 0 Å². The number of amides is 2. The van der Waals surface area contributed by atoms with Crippen LogP contribution in [-0.2, 0) is 30.2 Å². The molecule has 0 radical (unpaired) electrons. The second-order valence-electron chi connectivity index (χ2n) is 8.26. The molecule has 1 aromatic carbocycles. The zero-order valence-corrected chi connectivity index (χ0v) is 20.6. The van der Waals surface area contributed by atoms with E-state index in [1.165, 1.54) is 12.0 Å². The van der Waals surface area contributed by atoms with Crippen molar-refractivity contribution < 1.29 is 27.5 Å². The monoisotopic (exact) mass is 510 g/mol. The van der Waals surface area contributed by atoms with Gasteiger partial charge in [0.1, 0.15) is 18.1 Å². The fraction of sp³-hybridized carbons (Fsp3) is 0.545. The van der Waals surface area contributed by atoms with Crippen molar-refractivity contribution in [1.29, 1.82) is 0 Å². The molecular formula is C22H34N6O6S. The van der Waals surface area contributed by atoms with Crippen LogP contribution in [0, 0.1) is 0 Å². The minimum Gasteiger partial charge on any atom is -0.496 e. The van der Waals surface area contributed by atoms with Gasteiger partial charge >= 0.3 is 0 Å². The highest BCUT2D eigenvalue weighted by molar-refractivity contribution is 7.88. The van der Waals surface area contributed by atoms with Crippen LogP contribution in [0.1, 0.15) is 37.7 Å². The van der Waals surface area contributed by atoms with Gasteiger partial charge in [0.25, 0.3) is 0 Å². The maximum atomic E-state index is 13.1. The number of aldehydes is 1. The molecule has 1 aliphatic rings. The molecule has 0 spiro atoms. The fourth-order valence-corrected chi connectivity index (χ4v) is 5.16. The quantitative estimate of drug-likeness (QED) is 0.115. The van der Waals surface area contributed by atoms with Crippen LogP contribution in [0.5, 0.6) is 5.75 Å². The molecule has 2 rings (SSSR count). The van der Waals surface area contributed by atoms with Crippen LogP contribution in [0.15, 0.2) is 29.3 Å². The Kier molecular flexibility index (Phi) is 10.9. The van der Waals surface area contributed by atoms with Crippen LogP contribution >= 0.6 is 0 Å². The predicted molar refractivity (Wildman–Crippen MR) is 131 cm³/mol. The first-order valence-corrected chi connectivity index (χ1v) is 13.0. The number of likely N-dealkylation sites (tertiary alicyclic amines) is 1. The van der Waals surface area contributed by atoms with Crippen LogP contribution in [0.25, 0.3) is 0 Å². The van der Waals surface area contributed by atoms with Gasteiger partial charge in [-0.05, 0) is 38.2 Å². The summed E-state index contributed by atoms with van der Waals surface area (Å²) in [5, 5.41) is 2.59. The van der Waals surface area contributed by atoms with E-state index >= 15 is 0 Å². The molecule has 2 atom stereocenters. The summed E-state index contributed by atoms with van der Waals surface area (Å²) in [4.78, 5) is 42.0. The molecule has 0 aliphatic carbocycles. The second-order valence-corrected chi connectivity index (χ2v) is 10.0. The van der Waals surface area contributed by atoms with Gasteiger partial charge in [0, 0.05) is 18.7 Å². The Bertz CT molecular complexity index is 1010. The van der Waals surface area contributed by atoms with E-state index < -0.39 is 33.9 Å². The maximum Gasteiger partial charge on any atom is 0.241 e. The molecule has 0 aromatic heterocycles. The molecule has 2 amide bonds. The highest BCUT2D eigenvalue weighted by Crippen LogP contribution is 2.20. The lowest BCUT2D eigenvalue weighted by Crippen LogP contribution is -2.51. The first-order chi connectivity index (χ1) is 16.6. The number of carbonyl (C=O) groups is 3. The third-order valence-electron chi connectivity index (χ3n) is 5.45. The number of nitrogens with one attached hydrogen (secondary N) is 2. The summed E-state index contributed by atoms with van der Waals surface area (Å²) in [7, 11) is -2.41. The summed E-state index contributed by atoms with van der Waals surface area (Å²) in [6, 6.07) is 5.03. The lowest BCUT2D eigenvalue weighted by atomic mass is 10.1. The van der Waals surface area contributed by atoms with Gasteiger partial charge in [-0.25, -0.2) is 13.1 Å². The minimum absolute atomic E-state index is 0.0514. The minimum atomic E-state index is -3.86. The first kappa shape index (κ1) is 28.1. The molecule has 35 heavy (non-hydrogen) atoms. The average Bonchev–Trinajstić information content (AvgIpc) is 2.97. The van der Waals surface area contributed by atoms with E-state index in [0.717, 1.165) is 0 Å². The highest BCUT2D eigenvalue weighted by atomic mass is 32.2. The Hall–Kier alpha value is -3.19. The topological polar surface area (TPSA) is 186 Å². The van der Waals surface area contributed by atoms with Crippen LogP contribution in [0.3, 0.4) is 0 Å². The third kappa shape index (κ3) is 9.53. The predicted octanol–water partition coefficient (Wildman–Crippen LogP) is -0.767. The standard InChI is InChI=1S/C22H34N6O6S/c1-34-19-10-3-2-7-16(19)15-35(32,33)27-18-9-4-5-12-28(21(18)31)13-20(30)26-17(14-29)8-6-11-25-22(23)24/h2-3,7,10,14,17-18,27H,4-6,8-9,11-13,15H2,1H3,(H,26,30)(H4,23,24,25). The molecular weight excluding hydrogens is 476 g/mol. The van der Waals surface area contributed by atoms with Crippen molar-refractivity contribution in [3.8, 4) is 5.75 Å². The van der Waals surface area contributed by atoms with E-state index in [4.69, 9.17) is 16.2 Å². The van der Waals surface area contributed by atoms with Gasteiger partial charge in [-0.1, -0.05) is 18.2 Å². The number of guanidine groups is 1. The van der Waals surface area contributed by atoms with Crippen molar-refractivity contribution in [2.24, 2.45) is 16.5 Å². The number of rotatable bonds is 13. The van der Waals surface area contributed by atoms with Crippen molar-refractivity contribution >= 4 is 34.1 Å². The molecule has 2 unspecified atom stereocenters. The molecule has 1 saturated heterocycles. The van der Waals surface area contributed by atoms with Crippen molar-refractivity contribution in [2.45, 2.75) is 49.9 Å². The van der Waals surface area contributed by atoms with Gasteiger partial charge < -0.3 is 31.2 Å². The molecule has 6 N–H and O–H groups in total. The number of benzene rings is 1. The van der Waals surface area contributed by atoms with Gasteiger partial charge in [-0.15, -0.1) is 0 Å². The summed E-state index contributed by atoms with van der Waals surface area (Å²) in [6.07, 6.45) is 3.01. The molecule has 1 aromatic rings. The number of hydrogen-bond donors (Lipinski definition) is 4. The normalized spacial score (nSPS) is 17.2. The number of nitrogens with two attached hydrogens (primary N) is 2. The SMILES string of the molecule is COc1ccccc1CS(=O)(=O)NC1CCCCN(CC(=O)NC(C=O)CCCN=C(N)N)C1=O. The van der Waals surface area contributed by atoms with Gasteiger partial charge in [0.15, 0.2) is 5.96 Å². The van der Waals surface area contributed by atoms with Crippen LogP contribution in [-0.4, -0.2) is 76.2 Å². The summed E-state index contributed by atoms with van der Waals surface area (Å²) in [5.74, 6) is -0.940. The molecule has 0 bridgehead atoms. The Labute approximate surface area is 205 Å². The van der Waals surface area contributed by atoms with E-state index in [1.54, 1.807) is 24.3 Å². The van der Waals surface area contributed by atoms with E-state index in [9.17, 15) is 22.8 Å².